The number of benzene rings is 1. The third-order valence-corrected chi connectivity index (χ3v) is 2.95. The van der Waals surface area contributed by atoms with Gasteiger partial charge in [-0.25, -0.2) is 4.79 Å². The van der Waals surface area contributed by atoms with Crippen LogP contribution in [0.25, 0.3) is 0 Å². The Morgan fingerprint density at radius 2 is 2.11 bits per heavy atom. The summed E-state index contributed by atoms with van der Waals surface area (Å²) in [4.78, 5) is 22.7. The van der Waals surface area contributed by atoms with Crippen LogP contribution in [0.5, 0.6) is 0 Å². The molecule has 1 amide bonds. The van der Waals surface area contributed by atoms with Crippen LogP contribution in [0.3, 0.4) is 0 Å². The summed E-state index contributed by atoms with van der Waals surface area (Å²) in [6, 6.07) is 4.70. The zero-order chi connectivity index (χ0) is 14.3. The number of rotatable bonds is 6. The van der Waals surface area contributed by atoms with Crippen molar-refractivity contribution in [2.45, 2.75) is 25.7 Å². The van der Waals surface area contributed by atoms with Gasteiger partial charge in [0.15, 0.2) is 0 Å². The molecule has 19 heavy (non-hydrogen) atoms. The minimum atomic E-state index is -1.08. The van der Waals surface area contributed by atoms with Gasteiger partial charge in [0.2, 0.25) is 5.91 Å². The average Bonchev–Trinajstić information content (AvgIpc) is 2.36. The van der Waals surface area contributed by atoms with E-state index < -0.39 is 5.97 Å². The SMILES string of the molecule is C#CCCCCC(=O)Nc1ccc(Br)cc1C(=O)O. The molecule has 0 aromatic heterocycles. The number of anilines is 1. The fourth-order valence-corrected chi connectivity index (χ4v) is 1.89. The van der Waals surface area contributed by atoms with Gasteiger partial charge in [0.05, 0.1) is 11.3 Å². The van der Waals surface area contributed by atoms with Gasteiger partial charge >= 0.3 is 5.97 Å². The number of hydrogen-bond acceptors (Lipinski definition) is 2. The summed E-state index contributed by atoms with van der Waals surface area (Å²) in [6.07, 6.45) is 7.57. The van der Waals surface area contributed by atoms with Crippen LogP contribution in [0.4, 0.5) is 5.69 Å². The predicted octanol–water partition coefficient (Wildman–Crippen LogP) is 3.28. The van der Waals surface area contributed by atoms with E-state index in [-0.39, 0.29) is 11.5 Å². The zero-order valence-electron chi connectivity index (χ0n) is 10.3. The van der Waals surface area contributed by atoms with Gasteiger partial charge in [-0.05, 0) is 31.0 Å². The Bertz CT molecular complexity index is 520. The van der Waals surface area contributed by atoms with E-state index in [1.807, 2.05) is 0 Å². The van der Waals surface area contributed by atoms with Gasteiger partial charge in [0, 0.05) is 17.3 Å². The summed E-state index contributed by atoms with van der Waals surface area (Å²) >= 11 is 3.20. The van der Waals surface area contributed by atoms with Crippen molar-refractivity contribution < 1.29 is 14.7 Å². The largest absolute Gasteiger partial charge is 0.478 e. The van der Waals surface area contributed by atoms with Crippen molar-refractivity contribution in [2.75, 3.05) is 5.32 Å². The summed E-state index contributed by atoms with van der Waals surface area (Å²) < 4.78 is 0.650. The highest BCUT2D eigenvalue weighted by molar-refractivity contribution is 9.10. The number of amides is 1. The normalized spacial score (nSPS) is 9.68. The lowest BCUT2D eigenvalue weighted by molar-refractivity contribution is -0.116. The topological polar surface area (TPSA) is 66.4 Å². The molecular weight excluding hydrogens is 310 g/mol. The maximum absolute atomic E-state index is 11.7. The number of aromatic carboxylic acids is 1. The molecule has 0 spiro atoms. The molecular formula is C14H14BrNO3. The zero-order valence-corrected chi connectivity index (χ0v) is 11.9. The second-order valence-corrected chi connectivity index (χ2v) is 4.87. The number of carbonyl (C=O) groups is 2. The molecule has 5 heteroatoms. The molecule has 1 aromatic carbocycles. The second kappa shape index (κ2) is 7.59. The Hall–Kier alpha value is -1.80. The summed E-state index contributed by atoms with van der Waals surface area (Å²) in [5.41, 5.74) is 0.365. The second-order valence-electron chi connectivity index (χ2n) is 3.95. The lowest BCUT2D eigenvalue weighted by Crippen LogP contribution is -2.14. The first-order chi connectivity index (χ1) is 9.04. The lowest BCUT2D eigenvalue weighted by atomic mass is 10.1. The number of carboxylic acids is 1. The molecule has 0 saturated heterocycles. The van der Waals surface area contributed by atoms with E-state index in [0.29, 0.717) is 29.4 Å². The fourth-order valence-electron chi connectivity index (χ4n) is 1.53. The molecule has 0 saturated carbocycles. The van der Waals surface area contributed by atoms with Crippen molar-refractivity contribution in [3.05, 3.63) is 28.2 Å². The Balaban J connectivity index is 2.64. The minimum absolute atomic E-state index is 0.0614. The highest BCUT2D eigenvalue weighted by atomic mass is 79.9. The first-order valence-corrected chi connectivity index (χ1v) is 6.60. The molecule has 0 unspecified atom stereocenters. The maximum atomic E-state index is 11.7. The van der Waals surface area contributed by atoms with Crippen LogP contribution < -0.4 is 5.32 Å². The van der Waals surface area contributed by atoms with Crippen molar-refractivity contribution in [3.63, 3.8) is 0 Å². The van der Waals surface area contributed by atoms with E-state index in [2.05, 4.69) is 27.2 Å². The molecule has 0 atom stereocenters. The van der Waals surface area contributed by atoms with E-state index in [1.54, 1.807) is 12.1 Å². The molecule has 100 valence electrons. The minimum Gasteiger partial charge on any atom is -0.478 e. The summed E-state index contributed by atoms with van der Waals surface area (Å²) in [7, 11) is 0. The lowest BCUT2D eigenvalue weighted by Gasteiger charge is -2.08. The third kappa shape index (κ3) is 5.14. The van der Waals surface area contributed by atoms with Crippen LogP contribution in [-0.4, -0.2) is 17.0 Å². The van der Waals surface area contributed by atoms with E-state index in [9.17, 15) is 9.59 Å². The number of carboxylic acid groups (broad SMARTS) is 1. The molecule has 0 aliphatic carbocycles. The molecule has 1 aromatic rings. The van der Waals surface area contributed by atoms with Gasteiger partial charge in [0.1, 0.15) is 0 Å². The first-order valence-electron chi connectivity index (χ1n) is 5.80. The van der Waals surface area contributed by atoms with Crippen molar-refractivity contribution in [3.8, 4) is 12.3 Å². The van der Waals surface area contributed by atoms with Gasteiger partial charge in [0.25, 0.3) is 0 Å². The predicted molar refractivity (Wildman–Crippen MR) is 77.0 cm³/mol. The van der Waals surface area contributed by atoms with Crippen LogP contribution in [0.15, 0.2) is 22.7 Å². The summed E-state index contributed by atoms with van der Waals surface area (Å²) in [5.74, 6) is 1.22. The van der Waals surface area contributed by atoms with E-state index >= 15 is 0 Å². The molecule has 2 N–H and O–H groups in total. The quantitative estimate of drug-likeness (QED) is 0.623. The standard InChI is InChI=1S/C14H14BrNO3/c1-2-3-4-5-6-13(17)16-12-8-7-10(15)9-11(12)14(18)19/h1,7-9H,3-6H2,(H,16,17)(H,18,19). The van der Waals surface area contributed by atoms with Crippen LogP contribution in [0.2, 0.25) is 0 Å². The number of hydrogen-bond donors (Lipinski definition) is 2. The van der Waals surface area contributed by atoms with Crippen molar-refractivity contribution in [1.82, 2.24) is 0 Å². The maximum Gasteiger partial charge on any atom is 0.337 e. The highest BCUT2D eigenvalue weighted by Gasteiger charge is 2.12. The fraction of sp³-hybridized carbons (Fsp3) is 0.286. The monoisotopic (exact) mass is 323 g/mol. The number of unbranched alkanes of at least 4 members (excludes halogenated alkanes) is 2. The van der Waals surface area contributed by atoms with Crippen LogP contribution in [-0.2, 0) is 4.79 Å². The third-order valence-electron chi connectivity index (χ3n) is 2.46. The molecule has 0 aliphatic heterocycles. The number of terminal acetylenes is 1. The van der Waals surface area contributed by atoms with E-state index in [1.165, 1.54) is 6.07 Å². The Labute approximate surface area is 120 Å². The molecule has 0 heterocycles. The Morgan fingerprint density at radius 3 is 2.74 bits per heavy atom. The molecule has 0 bridgehead atoms. The van der Waals surface area contributed by atoms with Gasteiger partial charge < -0.3 is 10.4 Å². The average molecular weight is 324 g/mol. The molecule has 0 radical (unpaired) electrons. The van der Waals surface area contributed by atoms with Gasteiger partial charge in [-0.1, -0.05) is 15.9 Å². The van der Waals surface area contributed by atoms with Crippen molar-refractivity contribution in [2.24, 2.45) is 0 Å². The molecule has 4 nitrogen and oxygen atoms in total. The molecule has 1 rings (SSSR count). The van der Waals surface area contributed by atoms with E-state index in [4.69, 9.17) is 11.5 Å². The number of carbonyl (C=O) groups excluding carboxylic acids is 1. The number of nitrogens with one attached hydrogen (secondary N) is 1. The van der Waals surface area contributed by atoms with Crippen LogP contribution >= 0.6 is 15.9 Å². The van der Waals surface area contributed by atoms with Gasteiger partial charge in [-0.3, -0.25) is 4.79 Å². The highest BCUT2D eigenvalue weighted by Crippen LogP contribution is 2.21. The first kappa shape index (κ1) is 15.3. The van der Waals surface area contributed by atoms with Crippen LogP contribution in [0.1, 0.15) is 36.0 Å². The molecule has 0 fully saturated rings. The molecule has 0 aliphatic rings. The smallest absolute Gasteiger partial charge is 0.337 e. The summed E-state index contributed by atoms with van der Waals surface area (Å²) in [6.45, 7) is 0. The number of halogens is 1. The Kier molecular flexibility index (Phi) is 6.10. The summed E-state index contributed by atoms with van der Waals surface area (Å²) in [5, 5.41) is 11.7. The Morgan fingerprint density at radius 1 is 1.37 bits per heavy atom. The van der Waals surface area contributed by atoms with Crippen molar-refractivity contribution in [1.29, 1.82) is 0 Å². The van der Waals surface area contributed by atoms with Crippen molar-refractivity contribution >= 4 is 33.5 Å². The van der Waals surface area contributed by atoms with Gasteiger partial charge in [-0.2, -0.15) is 0 Å². The van der Waals surface area contributed by atoms with E-state index in [0.717, 1.165) is 6.42 Å². The van der Waals surface area contributed by atoms with Crippen LogP contribution in [0, 0.1) is 12.3 Å². The van der Waals surface area contributed by atoms with Gasteiger partial charge in [-0.15, -0.1) is 12.3 Å².